The van der Waals surface area contributed by atoms with Crippen molar-refractivity contribution in [1.82, 2.24) is 10.2 Å². The molecule has 1 fully saturated rings. The topological polar surface area (TPSA) is 32.3 Å². The summed E-state index contributed by atoms with van der Waals surface area (Å²) in [6, 6.07) is 6.50. The van der Waals surface area contributed by atoms with Crippen molar-refractivity contribution in [2.24, 2.45) is 11.8 Å². The molecule has 1 saturated heterocycles. The monoisotopic (exact) mass is 306 g/mol. The van der Waals surface area contributed by atoms with Crippen LogP contribution in [0, 0.1) is 17.7 Å². The second-order valence-electron chi connectivity index (χ2n) is 6.33. The van der Waals surface area contributed by atoms with E-state index >= 15 is 0 Å². The highest BCUT2D eigenvalue weighted by Gasteiger charge is 2.24. The minimum Gasteiger partial charge on any atom is -0.339 e. The number of rotatable bonds is 6. The van der Waals surface area contributed by atoms with Crippen LogP contribution in [0.3, 0.4) is 0 Å². The number of nitrogens with zero attached hydrogens (tertiary/aromatic N) is 1. The molecule has 0 aromatic heterocycles. The Morgan fingerprint density at radius 2 is 2.32 bits per heavy atom. The molecule has 2 atom stereocenters. The lowest BCUT2D eigenvalue weighted by Gasteiger charge is -2.30. The van der Waals surface area contributed by atoms with Crippen LogP contribution < -0.4 is 5.32 Å². The molecule has 2 rings (SSSR count). The van der Waals surface area contributed by atoms with E-state index in [2.05, 4.69) is 12.2 Å². The van der Waals surface area contributed by atoms with Gasteiger partial charge in [-0.3, -0.25) is 4.79 Å². The number of hydrogen-bond acceptors (Lipinski definition) is 2. The SMILES string of the molecule is CCN(Cc1cccc(F)c1)C(=O)CC(C)C1CCCNC1. The second-order valence-corrected chi connectivity index (χ2v) is 6.33. The van der Waals surface area contributed by atoms with Gasteiger partial charge in [-0.2, -0.15) is 0 Å². The molecule has 0 radical (unpaired) electrons. The average Bonchev–Trinajstić information content (AvgIpc) is 2.53. The van der Waals surface area contributed by atoms with Crippen molar-refractivity contribution in [2.45, 2.75) is 39.7 Å². The summed E-state index contributed by atoms with van der Waals surface area (Å²) in [5.41, 5.74) is 0.849. The number of benzene rings is 1. The van der Waals surface area contributed by atoms with Gasteiger partial charge in [-0.05, 0) is 62.4 Å². The molecule has 4 heteroatoms. The molecule has 1 aromatic rings. The fourth-order valence-electron chi connectivity index (χ4n) is 3.17. The molecular weight excluding hydrogens is 279 g/mol. The summed E-state index contributed by atoms with van der Waals surface area (Å²) >= 11 is 0. The molecule has 0 saturated carbocycles. The minimum atomic E-state index is -0.248. The van der Waals surface area contributed by atoms with E-state index in [9.17, 15) is 9.18 Å². The fourth-order valence-corrected chi connectivity index (χ4v) is 3.17. The van der Waals surface area contributed by atoms with Gasteiger partial charge in [0, 0.05) is 19.5 Å². The van der Waals surface area contributed by atoms with Gasteiger partial charge in [-0.15, -0.1) is 0 Å². The van der Waals surface area contributed by atoms with Crippen molar-refractivity contribution in [2.75, 3.05) is 19.6 Å². The predicted molar refractivity (Wildman–Crippen MR) is 86.9 cm³/mol. The molecule has 2 unspecified atom stereocenters. The van der Waals surface area contributed by atoms with Gasteiger partial charge >= 0.3 is 0 Å². The number of nitrogens with one attached hydrogen (secondary N) is 1. The normalized spacial score (nSPS) is 19.7. The Balaban J connectivity index is 1.90. The minimum absolute atomic E-state index is 0.171. The Morgan fingerprint density at radius 1 is 1.50 bits per heavy atom. The third-order valence-corrected chi connectivity index (χ3v) is 4.63. The van der Waals surface area contributed by atoms with E-state index in [1.54, 1.807) is 6.07 Å². The summed E-state index contributed by atoms with van der Waals surface area (Å²) in [5.74, 6) is 0.903. The smallest absolute Gasteiger partial charge is 0.223 e. The molecule has 1 N–H and O–H groups in total. The Morgan fingerprint density at radius 3 is 2.95 bits per heavy atom. The Kier molecular flexibility index (Phi) is 6.37. The summed E-state index contributed by atoms with van der Waals surface area (Å²) in [6.45, 7) is 7.41. The number of halogens is 1. The highest BCUT2D eigenvalue weighted by molar-refractivity contribution is 5.76. The van der Waals surface area contributed by atoms with Crippen LogP contribution in [0.1, 0.15) is 38.7 Å². The van der Waals surface area contributed by atoms with E-state index in [1.807, 2.05) is 17.9 Å². The first-order valence-corrected chi connectivity index (χ1v) is 8.33. The quantitative estimate of drug-likeness (QED) is 0.875. The van der Waals surface area contributed by atoms with Crippen LogP contribution >= 0.6 is 0 Å². The molecule has 0 bridgehead atoms. The van der Waals surface area contributed by atoms with Gasteiger partial charge in [0.15, 0.2) is 0 Å². The van der Waals surface area contributed by atoms with Crippen molar-refractivity contribution in [3.8, 4) is 0 Å². The van der Waals surface area contributed by atoms with Gasteiger partial charge in [0.25, 0.3) is 0 Å². The summed E-state index contributed by atoms with van der Waals surface area (Å²) in [5, 5.41) is 3.41. The van der Waals surface area contributed by atoms with Crippen LogP contribution in [0.2, 0.25) is 0 Å². The van der Waals surface area contributed by atoms with Gasteiger partial charge in [0.1, 0.15) is 5.82 Å². The van der Waals surface area contributed by atoms with Gasteiger partial charge in [-0.1, -0.05) is 19.1 Å². The highest BCUT2D eigenvalue weighted by atomic mass is 19.1. The molecule has 22 heavy (non-hydrogen) atoms. The summed E-state index contributed by atoms with van der Waals surface area (Å²) in [6.07, 6.45) is 2.98. The maximum atomic E-state index is 13.3. The van der Waals surface area contributed by atoms with Crippen LogP contribution in [0.4, 0.5) is 4.39 Å². The first kappa shape index (κ1) is 16.9. The third-order valence-electron chi connectivity index (χ3n) is 4.63. The van der Waals surface area contributed by atoms with E-state index in [-0.39, 0.29) is 11.7 Å². The molecule has 122 valence electrons. The molecule has 0 spiro atoms. The molecule has 1 aliphatic heterocycles. The number of amides is 1. The molecular formula is C18H27FN2O. The van der Waals surface area contributed by atoms with Crippen molar-refractivity contribution in [3.63, 3.8) is 0 Å². The summed E-state index contributed by atoms with van der Waals surface area (Å²) < 4.78 is 13.3. The average molecular weight is 306 g/mol. The lowest BCUT2D eigenvalue weighted by atomic mass is 9.85. The number of carbonyl (C=O) groups is 1. The summed E-state index contributed by atoms with van der Waals surface area (Å²) in [7, 11) is 0. The largest absolute Gasteiger partial charge is 0.339 e. The first-order valence-electron chi connectivity index (χ1n) is 8.33. The molecule has 1 heterocycles. The van der Waals surface area contributed by atoms with Crippen LogP contribution in [-0.4, -0.2) is 30.4 Å². The lowest BCUT2D eigenvalue weighted by molar-refractivity contribution is -0.133. The van der Waals surface area contributed by atoms with Crippen LogP contribution in [-0.2, 0) is 11.3 Å². The zero-order valence-corrected chi connectivity index (χ0v) is 13.6. The van der Waals surface area contributed by atoms with E-state index in [4.69, 9.17) is 0 Å². The van der Waals surface area contributed by atoms with Crippen molar-refractivity contribution in [3.05, 3.63) is 35.6 Å². The van der Waals surface area contributed by atoms with Gasteiger partial charge in [0.05, 0.1) is 0 Å². The van der Waals surface area contributed by atoms with E-state index in [0.717, 1.165) is 18.7 Å². The van der Waals surface area contributed by atoms with Crippen LogP contribution in [0.15, 0.2) is 24.3 Å². The molecule has 3 nitrogen and oxygen atoms in total. The Labute approximate surface area is 132 Å². The maximum Gasteiger partial charge on any atom is 0.223 e. The van der Waals surface area contributed by atoms with Gasteiger partial charge in [-0.25, -0.2) is 4.39 Å². The number of piperidine rings is 1. The summed E-state index contributed by atoms with van der Waals surface area (Å²) in [4.78, 5) is 14.3. The van der Waals surface area contributed by atoms with Crippen LogP contribution in [0.25, 0.3) is 0 Å². The molecule has 1 aliphatic rings. The Hall–Kier alpha value is -1.42. The van der Waals surface area contributed by atoms with Crippen molar-refractivity contribution in [1.29, 1.82) is 0 Å². The van der Waals surface area contributed by atoms with E-state index < -0.39 is 0 Å². The van der Waals surface area contributed by atoms with Crippen molar-refractivity contribution < 1.29 is 9.18 Å². The van der Waals surface area contributed by atoms with E-state index in [1.165, 1.54) is 25.0 Å². The Bertz CT molecular complexity index is 486. The van der Waals surface area contributed by atoms with Crippen LogP contribution in [0.5, 0.6) is 0 Å². The maximum absolute atomic E-state index is 13.3. The third kappa shape index (κ3) is 4.80. The standard InChI is InChI=1S/C18H27FN2O/c1-3-21(13-15-6-4-8-17(19)11-15)18(22)10-14(2)16-7-5-9-20-12-16/h4,6,8,11,14,16,20H,3,5,7,9-10,12-13H2,1-2H3. The lowest BCUT2D eigenvalue weighted by Crippen LogP contribution is -2.37. The number of carbonyl (C=O) groups excluding carboxylic acids is 1. The second kappa shape index (κ2) is 8.28. The van der Waals surface area contributed by atoms with Crippen molar-refractivity contribution >= 4 is 5.91 Å². The molecule has 1 amide bonds. The molecule has 1 aromatic carbocycles. The number of hydrogen-bond donors (Lipinski definition) is 1. The van der Waals surface area contributed by atoms with Gasteiger partial charge in [0.2, 0.25) is 5.91 Å². The fraction of sp³-hybridized carbons (Fsp3) is 0.611. The zero-order chi connectivity index (χ0) is 15.9. The highest BCUT2D eigenvalue weighted by Crippen LogP contribution is 2.23. The molecule has 0 aliphatic carbocycles. The van der Waals surface area contributed by atoms with E-state index in [0.29, 0.717) is 31.3 Å². The zero-order valence-electron chi connectivity index (χ0n) is 13.6. The predicted octanol–water partition coefficient (Wildman–Crippen LogP) is 3.20. The first-order chi connectivity index (χ1) is 10.6. The van der Waals surface area contributed by atoms with Gasteiger partial charge < -0.3 is 10.2 Å².